The minimum absolute atomic E-state index is 0.740. The first-order chi connectivity index (χ1) is 6.84. The summed E-state index contributed by atoms with van der Waals surface area (Å²) in [5, 5.41) is 11.8. The van der Waals surface area contributed by atoms with Crippen LogP contribution in [0, 0.1) is 3.95 Å². The van der Waals surface area contributed by atoms with Gasteiger partial charge in [0.15, 0.2) is 3.95 Å². The third-order valence-electron chi connectivity index (χ3n) is 2.19. The Morgan fingerprint density at radius 1 is 1.57 bits per heavy atom. The number of aromatic amines is 1. The molecule has 2 N–H and O–H groups in total. The smallest absolute Gasteiger partial charge is 0.204 e. The summed E-state index contributed by atoms with van der Waals surface area (Å²) in [6.45, 7) is 1.01. The normalized spacial score (nSPS) is 22.1. The molecule has 1 atom stereocenters. The third-order valence-corrected chi connectivity index (χ3v) is 4.64. The van der Waals surface area contributed by atoms with Gasteiger partial charge in [-0.1, -0.05) is 17.8 Å². The van der Waals surface area contributed by atoms with Crippen LogP contribution in [-0.4, -0.2) is 27.7 Å². The van der Waals surface area contributed by atoms with E-state index in [1.165, 1.54) is 36.4 Å². The van der Waals surface area contributed by atoms with E-state index in [0.29, 0.717) is 0 Å². The number of thioether (sulfide) groups is 1. The number of anilines is 1. The van der Waals surface area contributed by atoms with Gasteiger partial charge in [-0.3, -0.25) is 5.10 Å². The molecule has 0 bridgehead atoms. The Morgan fingerprint density at radius 3 is 3.14 bits per heavy atom. The molecular formula is C8H13N3S3. The van der Waals surface area contributed by atoms with Crippen molar-refractivity contribution >= 4 is 40.4 Å². The molecule has 2 heterocycles. The van der Waals surface area contributed by atoms with E-state index in [4.69, 9.17) is 12.2 Å². The predicted molar refractivity (Wildman–Crippen MR) is 65.9 cm³/mol. The molecule has 1 aromatic heterocycles. The van der Waals surface area contributed by atoms with Crippen LogP contribution < -0.4 is 5.32 Å². The Bertz CT molecular complexity index is 327. The van der Waals surface area contributed by atoms with Crippen LogP contribution in [0.4, 0.5) is 5.13 Å². The largest absolute Gasteiger partial charge is 0.359 e. The Balaban J connectivity index is 1.78. The maximum Gasteiger partial charge on any atom is 0.204 e. The number of nitrogens with zero attached hydrogens (tertiary/aromatic N) is 1. The number of nitrogens with one attached hydrogen (secondary N) is 2. The number of H-pyrrole nitrogens is 1. The molecule has 14 heavy (non-hydrogen) atoms. The highest BCUT2D eigenvalue weighted by Crippen LogP contribution is 2.25. The topological polar surface area (TPSA) is 40.7 Å². The van der Waals surface area contributed by atoms with E-state index in [1.807, 2.05) is 0 Å². The summed E-state index contributed by atoms with van der Waals surface area (Å²) in [5.41, 5.74) is 0. The van der Waals surface area contributed by atoms with Crippen LogP contribution in [0.1, 0.15) is 19.3 Å². The molecule has 0 spiro atoms. The maximum absolute atomic E-state index is 4.96. The lowest BCUT2D eigenvalue weighted by molar-refractivity contribution is 0.677. The molecule has 78 valence electrons. The zero-order valence-electron chi connectivity index (χ0n) is 7.78. The Kier molecular flexibility index (Phi) is 3.83. The van der Waals surface area contributed by atoms with Crippen molar-refractivity contribution in [2.24, 2.45) is 0 Å². The van der Waals surface area contributed by atoms with Gasteiger partial charge in [0, 0.05) is 11.8 Å². The monoisotopic (exact) mass is 247 g/mol. The molecule has 0 amide bonds. The first-order valence-electron chi connectivity index (χ1n) is 4.75. The standard InChI is InChI=1S/C8H13N3S3/c12-8-11-10-7(14-8)9-5-6-3-1-2-4-13-6/h6H,1-5H2,(H,9,10)(H,11,12). The summed E-state index contributed by atoms with van der Waals surface area (Å²) >= 11 is 8.53. The van der Waals surface area contributed by atoms with Gasteiger partial charge in [0.25, 0.3) is 0 Å². The molecule has 1 aliphatic rings. The maximum atomic E-state index is 4.96. The fourth-order valence-corrected chi connectivity index (χ4v) is 3.51. The molecule has 1 aliphatic heterocycles. The van der Waals surface area contributed by atoms with Crippen LogP contribution in [0.3, 0.4) is 0 Å². The lowest BCUT2D eigenvalue weighted by Crippen LogP contribution is -2.19. The first kappa shape index (κ1) is 10.4. The summed E-state index contributed by atoms with van der Waals surface area (Å²) in [5.74, 6) is 1.31. The molecule has 1 aromatic rings. The molecule has 2 rings (SSSR count). The molecule has 0 radical (unpaired) electrons. The number of hydrogen-bond donors (Lipinski definition) is 2. The molecule has 6 heteroatoms. The highest BCUT2D eigenvalue weighted by molar-refractivity contribution is 7.99. The van der Waals surface area contributed by atoms with Crippen molar-refractivity contribution < 1.29 is 0 Å². The van der Waals surface area contributed by atoms with Gasteiger partial charge in [-0.05, 0) is 30.8 Å². The summed E-state index contributed by atoms with van der Waals surface area (Å²) in [4.78, 5) is 0. The number of hydrogen-bond acceptors (Lipinski definition) is 5. The Morgan fingerprint density at radius 2 is 2.50 bits per heavy atom. The van der Waals surface area contributed by atoms with E-state index in [9.17, 15) is 0 Å². The third kappa shape index (κ3) is 2.96. The van der Waals surface area contributed by atoms with E-state index < -0.39 is 0 Å². The summed E-state index contributed by atoms with van der Waals surface area (Å²) in [7, 11) is 0. The van der Waals surface area contributed by atoms with Gasteiger partial charge >= 0.3 is 0 Å². The molecule has 1 saturated heterocycles. The molecule has 3 nitrogen and oxygen atoms in total. The molecule has 1 unspecified atom stereocenters. The molecular weight excluding hydrogens is 234 g/mol. The molecule has 0 aliphatic carbocycles. The predicted octanol–water partition coefficient (Wildman–Crippen LogP) is 2.90. The van der Waals surface area contributed by atoms with Crippen LogP contribution >= 0.6 is 35.3 Å². The van der Waals surface area contributed by atoms with E-state index in [0.717, 1.165) is 20.9 Å². The highest BCUT2D eigenvalue weighted by atomic mass is 32.2. The molecule has 0 saturated carbocycles. The minimum Gasteiger partial charge on any atom is -0.359 e. The first-order valence-corrected chi connectivity index (χ1v) is 7.03. The average Bonchev–Trinajstić information content (AvgIpc) is 2.63. The van der Waals surface area contributed by atoms with Crippen LogP contribution in [0.25, 0.3) is 0 Å². The van der Waals surface area contributed by atoms with Crippen molar-refractivity contribution in [3.05, 3.63) is 3.95 Å². The highest BCUT2D eigenvalue weighted by Gasteiger charge is 2.13. The van der Waals surface area contributed by atoms with Gasteiger partial charge in [0.2, 0.25) is 5.13 Å². The van der Waals surface area contributed by atoms with Crippen molar-refractivity contribution in [2.45, 2.75) is 24.5 Å². The van der Waals surface area contributed by atoms with Gasteiger partial charge < -0.3 is 5.32 Å². The van der Waals surface area contributed by atoms with Crippen LogP contribution in [0.2, 0.25) is 0 Å². The van der Waals surface area contributed by atoms with Crippen molar-refractivity contribution in [1.82, 2.24) is 10.2 Å². The summed E-state index contributed by atoms with van der Waals surface area (Å²) < 4.78 is 0.740. The van der Waals surface area contributed by atoms with Crippen molar-refractivity contribution in [3.63, 3.8) is 0 Å². The lowest BCUT2D eigenvalue weighted by Gasteiger charge is -2.20. The van der Waals surface area contributed by atoms with Crippen molar-refractivity contribution in [3.8, 4) is 0 Å². The fraction of sp³-hybridized carbons (Fsp3) is 0.750. The summed E-state index contributed by atoms with van der Waals surface area (Å²) in [6, 6.07) is 0. The van der Waals surface area contributed by atoms with Gasteiger partial charge in [0.05, 0.1) is 0 Å². The second-order valence-electron chi connectivity index (χ2n) is 3.29. The van der Waals surface area contributed by atoms with Gasteiger partial charge in [0.1, 0.15) is 0 Å². The molecule has 1 fully saturated rings. The quantitative estimate of drug-likeness (QED) is 0.806. The van der Waals surface area contributed by atoms with E-state index in [1.54, 1.807) is 0 Å². The van der Waals surface area contributed by atoms with Gasteiger partial charge in [-0.2, -0.15) is 11.8 Å². The van der Waals surface area contributed by atoms with E-state index in [-0.39, 0.29) is 0 Å². The zero-order valence-corrected chi connectivity index (χ0v) is 10.2. The fourth-order valence-electron chi connectivity index (χ4n) is 1.48. The van der Waals surface area contributed by atoms with Gasteiger partial charge in [-0.15, -0.1) is 5.10 Å². The van der Waals surface area contributed by atoms with E-state index >= 15 is 0 Å². The Hall–Kier alpha value is -0.0700. The van der Waals surface area contributed by atoms with Crippen LogP contribution in [-0.2, 0) is 0 Å². The number of rotatable bonds is 3. The molecule has 0 aromatic carbocycles. The average molecular weight is 247 g/mol. The van der Waals surface area contributed by atoms with Gasteiger partial charge in [-0.25, -0.2) is 0 Å². The Labute approximate surface area is 96.7 Å². The SMILES string of the molecule is S=c1[nH]nc(NCC2CCCCS2)s1. The van der Waals surface area contributed by atoms with Crippen molar-refractivity contribution in [2.75, 3.05) is 17.6 Å². The second kappa shape index (κ2) is 5.14. The lowest BCUT2D eigenvalue weighted by atomic mass is 10.2. The minimum atomic E-state index is 0.740. The van der Waals surface area contributed by atoms with Crippen LogP contribution in [0.15, 0.2) is 0 Å². The van der Waals surface area contributed by atoms with Crippen LogP contribution in [0.5, 0.6) is 0 Å². The zero-order chi connectivity index (χ0) is 9.80. The summed E-state index contributed by atoms with van der Waals surface area (Å²) in [6.07, 6.45) is 4.08. The van der Waals surface area contributed by atoms with Crippen molar-refractivity contribution in [1.29, 1.82) is 0 Å². The number of aromatic nitrogens is 2. The van der Waals surface area contributed by atoms with E-state index in [2.05, 4.69) is 27.3 Å². The second-order valence-corrected chi connectivity index (χ2v) is 6.36.